The van der Waals surface area contributed by atoms with Crippen LogP contribution in [0.2, 0.25) is 5.02 Å². The van der Waals surface area contributed by atoms with E-state index in [1.807, 2.05) is 19.1 Å². The summed E-state index contributed by atoms with van der Waals surface area (Å²) in [7, 11) is 0. The van der Waals surface area contributed by atoms with E-state index in [4.69, 9.17) is 11.6 Å². The van der Waals surface area contributed by atoms with Gasteiger partial charge in [0.2, 0.25) is 0 Å². The molecule has 1 aromatic heterocycles. The number of halogens is 3. The Morgan fingerprint density at radius 3 is 2.85 bits per heavy atom. The summed E-state index contributed by atoms with van der Waals surface area (Å²) in [5, 5.41) is 3.42. The van der Waals surface area contributed by atoms with Gasteiger partial charge >= 0.3 is 0 Å². The number of nitrogens with zero attached hydrogens (tertiary/aromatic N) is 1. The monoisotopic (exact) mass is 356 g/mol. The summed E-state index contributed by atoms with van der Waals surface area (Å²) in [6, 6.07) is 7.26. The second-order valence-electron chi connectivity index (χ2n) is 4.44. The molecule has 5 heteroatoms. The van der Waals surface area contributed by atoms with Crippen molar-refractivity contribution in [3.8, 4) is 0 Å². The predicted octanol–water partition coefficient (Wildman–Crippen LogP) is 4.53. The molecule has 0 radical (unpaired) electrons. The van der Waals surface area contributed by atoms with Crippen molar-refractivity contribution in [2.45, 2.75) is 19.4 Å². The van der Waals surface area contributed by atoms with Crippen LogP contribution in [0, 0.1) is 5.82 Å². The van der Waals surface area contributed by atoms with E-state index in [9.17, 15) is 4.39 Å². The Morgan fingerprint density at radius 2 is 2.20 bits per heavy atom. The Hall–Kier alpha value is -0.970. The molecule has 106 valence electrons. The third-order valence-electron chi connectivity index (χ3n) is 3.05. The van der Waals surface area contributed by atoms with Crippen LogP contribution in [0.1, 0.15) is 24.1 Å². The maximum absolute atomic E-state index is 14.3. The molecule has 0 fully saturated rings. The van der Waals surface area contributed by atoms with Gasteiger partial charge < -0.3 is 5.32 Å². The molecule has 2 aromatic rings. The topological polar surface area (TPSA) is 24.9 Å². The minimum absolute atomic E-state index is 0.122. The highest BCUT2D eigenvalue weighted by Crippen LogP contribution is 2.31. The number of hydrogen-bond donors (Lipinski definition) is 1. The van der Waals surface area contributed by atoms with Crippen molar-refractivity contribution >= 4 is 27.5 Å². The molecule has 20 heavy (non-hydrogen) atoms. The largest absolute Gasteiger partial charge is 0.310 e. The first-order valence-corrected chi connectivity index (χ1v) is 7.56. The van der Waals surface area contributed by atoms with E-state index in [-0.39, 0.29) is 16.9 Å². The van der Waals surface area contributed by atoms with E-state index in [2.05, 4.69) is 26.2 Å². The molecule has 0 aliphatic carbocycles. The molecule has 2 nitrogen and oxygen atoms in total. The van der Waals surface area contributed by atoms with Crippen molar-refractivity contribution < 1.29 is 4.39 Å². The molecule has 1 atom stereocenters. The number of aromatic nitrogens is 1. The molecule has 0 saturated heterocycles. The van der Waals surface area contributed by atoms with Gasteiger partial charge in [-0.3, -0.25) is 4.98 Å². The van der Waals surface area contributed by atoms with Gasteiger partial charge in [-0.2, -0.15) is 0 Å². The molecule has 1 heterocycles. The van der Waals surface area contributed by atoms with Crippen LogP contribution in [-0.2, 0) is 6.42 Å². The molecule has 1 N–H and O–H groups in total. The number of pyridine rings is 1. The average molecular weight is 358 g/mol. The summed E-state index contributed by atoms with van der Waals surface area (Å²) >= 11 is 9.20. The van der Waals surface area contributed by atoms with E-state index >= 15 is 0 Å². The molecular weight excluding hydrogens is 343 g/mol. The van der Waals surface area contributed by atoms with Crippen molar-refractivity contribution in [2.75, 3.05) is 6.54 Å². The highest BCUT2D eigenvalue weighted by molar-refractivity contribution is 9.10. The van der Waals surface area contributed by atoms with Crippen molar-refractivity contribution in [3.05, 3.63) is 63.1 Å². The summed E-state index contributed by atoms with van der Waals surface area (Å²) in [6.45, 7) is 2.74. The number of likely N-dealkylation sites (N-methyl/N-ethyl adjacent to an activating group) is 1. The van der Waals surface area contributed by atoms with Crippen LogP contribution in [0.4, 0.5) is 4.39 Å². The summed E-state index contributed by atoms with van der Waals surface area (Å²) in [5.41, 5.74) is 1.63. The smallest absolute Gasteiger partial charge is 0.147 e. The molecule has 2 rings (SSSR count). The third-order valence-corrected chi connectivity index (χ3v) is 4.31. The van der Waals surface area contributed by atoms with Crippen LogP contribution in [-0.4, -0.2) is 11.5 Å². The number of rotatable bonds is 5. The van der Waals surface area contributed by atoms with E-state index < -0.39 is 0 Å². The Bertz CT molecular complexity index is 578. The fourth-order valence-electron chi connectivity index (χ4n) is 2.10. The number of nitrogens with one attached hydrogen (secondary N) is 1. The van der Waals surface area contributed by atoms with Crippen LogP contribution in [0.25, 0.3) is 0 Å². The van der Waals surface area contributed by atoms with Crippen molar-refractivity contribution in [2.24, 2.45) is 0 Å². The molecule has 0 amide bonds. The lowest BCUT2D eigenvalue weighted by Gasteiger charge is -2.20. The molecule has 1 unspecified atom stereocenters. The molecule has 0 spiro atoms. The summed E-state index contributed by atoms with van der Waals surface area (Å²) in [5.74, 6) is -0.379. The van der Waals surface area contributed by atoms with Crippen LogP contribution in [0.5, 0.6) is 0 Å². The fourth-order valence-corrected chi connectivity index (χ4v) is 2.58. The van der Waals surface area contributed by atoms with Crippen LogP contribution in [0.3, 0.4) is 0 Å². The standard InChI is InChI=1S/C15H15BrClFN2/c1-2-20-13(8-10-4-3-7-19-9-10)11-5-6-12(16)14(17)15(11)18/h3-7,9,13,20H,2,8H2,1H3. The van der Waals surface area contributed by atoms with Gasteiger partial charge in [-0.25, -0.2) is 4.39 Å². The molecular formula is C15H15BrClFN2. The lowest BCUT2D eigenvalue weighted by atomic mass is 9.99. The van der Waals surface area contributed by atoms with Crippen LogP contribution in [0.15, 0.2) is 41.1 Å². The molecule has 0 saturated carbocycles. The molecule has 1 aromatic carbocycles. The van der Waals surface area contributed by atoms with Gasteiger partial charge in [0.1, 0.15) is 5.82 Å². The van der Waals surface area contributed by atoms with Crippen LogP contribution >= 0.6 is 27.5 Å². The minimum Gasteiger partial charge on any atom is -0.310 e. The van der Waals surface area contributed by atoms with E-state index in [1.165, 1.54) is 0 Å². The Morgan fingerprint density at radius 1 is 1.40 bits per heavy atom. The average Bonchev–Trinajstić information content (AvgIpc) is 2.46. The SMILES string of the molecule is CCNC(Cc1cccnc1)c1ccc(Br)c(Cl)c1F. The van der Waals surface area contributed by atoms with Gasteiger partial charge in [0.15, 0.2) is 0 Å². The van der Waals surface area contributed by atoms with Gasteiger partial charge in [0, 0.05) is 28.5 Å². The van der Waals surface area contributed by atoms with Gasteiger partial charge in [-0.1, -0.05) is 30.7 Å². The number of benzene rings is 1. The predicted molar refractivity (Wildman–Crippen MR) is 83.5 cm³/mol. The summed E-state index contributed by atoms with van der Waals surface area (Å²) in [4.78, 5) is 4.09. The third kappa shape index (κ3) is 3.57. The molecule has 0 aliphatic rings. The first kappa shape index (κ1) is 15.4. The van der Waals surface area contributed by atoms with Gasteiger partial charge in [0.25, 0.3) is 0 Å². The molecule has 0 aliphatic heterocycles. The van der Waals surface area contributed by atoms with Gasteiger partial charge in [-0.05, 0) is 46.6 Å². The van der Waals surface area contributed by atoms with Crippen LogP contribution < -0.4 is 5.32 Å². The normalized spacial score (nSPS) is 12.4. The zero-order valence-corrected chi connectivity index (χ0v) is 13.4. The maximum Gasteiger partial charge on any atom is 0.147 e. The molecule has 0 bridgehead atoms. The fraction of sp³-hybridized carbons (Fsp3) is 0.267. The van der Waals surface area contributed by atoms with Gasteiger partial charge in [-0.15, -0.1) is 0 Å². The van der Waals surface area contributed by atoms with Crippen molar-refractivity contribution in [1.29, 1.82) is 0 Å². The van der Waals surface area contributed by atoms with E-state index in [0.29, 0.717) is 16.5 Å². The van der Waals surface area contributed by atoms with Crippen molar-refractivity contribution in [1.82, 2.24) is 10.3 Å². The minimum atomic E-state index is -0.379. The highest BCUT2D eigenvalue weighted by atomic mass is 79.9. The quantitative estimate of drug-likeness (QED) is 0.795. The zero-order valence-electron chi connectivity index (χ0n) is 11.0. The second kappa shape index (κ2) is 7.16. The Kier molecular flexibility index (Phi) is 5.52. The van der Waals surface area contributed by atoms with Gasteiger partial charge in [0.05, 0.1) is 5.02 Å². The van der Waals surface area contributed by atoms with E-state index in [1.54, 1.807) is 24.5 Å². The summed E-state index contributed by atoms with van der Waals surface area (Å²) in [6.07, 6.45) is 4.18. The Labute approximate surface area is 131 Å². The highest BCUT2D eigenvalue weighted by Gasteiger charge is 2.19. The van der Waals surface area contributed by atoms with E-state index in [0.717, 1.165) is 12.1 Å². The lowest BCUT2D eigenvalue weighted by molar-refractivity contribution is 0.509. The first-order chi connectivity index (χ1) is 9.63. The van der Waals surface area contributed by atoms with Crippen molar-refractivity contribution in [3.63, 3.8) is 0 Å². The maximum atomic E-state index is 14.3. The first-order valence-electron chi connectivity index (χ1n) is 6.39. The summed E-state index contributed by atoms with van der Waals surface area (Å²) < 4.78 is 14.9. The second-order valence-corrected chi connectivity index (χ2v) is 5.67. The lowest BCUT2D eigenvalue weighted by Crippen LogP contribution is -2.24. The zero-order chi connectivity index (χ0) is 14.5. The number of hydrogen-bond acceptors (Lipinski definition) is 2. The Balaban J connectivity index is 2.31.